The Balaban J connectivity index is 1.63. The fraction of sp³-hybridized carbons (Fsp3) is 0.409. The van der Waals surface area contributed by atoms with Crippen LogP contribution in [0.15, 0.2) is 36.5 Å². The van der Waals surface area contributed by atoms with Gasteiger partial charge in [-0.25, -0.2) is 8.78 Å². The summed E-state index contributed by atoms with van der Waals surface area (Å²) in [5.41, 5.74) is 2.04. The van der Waals surface area contributed by atoms with Gasteiger partial charge in [-0.3, -0.25) is 4.98 Å². The van der Waals surface area contributed by atoms with E-state index in [1.807, 2.05) is 6.07 Å². The summed E-state index contributed by atoms with van der Waals surface area (Å²) in [6.07, 6.45) is 9.29. The van der Waals surface area contributed by atoms with Crippen LogP contribution in [0.5, 0.6) is 0 Å². The molecule has 1 fully saturated rings. The Morgan fingerprint density at radius 2 is 1.84 bits per heavy atom. The summed E-state index contributed by atoms with van der Waals surface area (Å²) in [5.74, 6) is 6.26. The Morgan fingerprint density at radius 3 is 2.48 bits per heavy atom. The lowest BCUT2D eigenvalue weighted by molar-refractivity contribution is 0.300. The second kappa shape index (κ2) is 8.25. The molecular formula is C22H23F2N. The van der Waals surface area contributed by atoms with E-state index < -0.39 is 11.6 Å². The van der Waals surface area contributed by atoms with E-state index >= 15 is 0 Å². The zero-order chi connectivity index (χ0) is 17.6. The number of aromatic nitrogens is 1. The van der Waals surface area contributed by atoms with Crippen LogP contribution in [0.2, 0.25) is 0 Å². The van der Waals surface area contributed by atoms with Crippen molar-refractivity contribution in [2.75, 3.05) is 0 Å². The standard InChI is InChI=1S/C22H23F2N/c1-2-3-16-4-6-17(7-5-16)8-9-18-10-13-22(25-15-18)19-11-12-20(23)21(24)14-19/h10-17H,2-7H2,1H3. The first-order chi connectivity index (χ1) is 12.2. The van der Waals surface area contributed by atoms with Gasteiger partial charge in [0.05, 0.1) is 5.69 Å². The lowest BCUT2D eigenvalue weighted by Gasteiger charge is -2.25. The van der Waals surface area contributed by atoms with E-state index in [0.29, 0.717) is 17.2 Å². The normalized spacial score (nSPS) is 20.0. The van der Waals surface area contributed by atoms with Crippen molar-refractivity contribution < 1.29 is 8.78 Å². The van der Waals surface area contributed by atoms with Crippen molar-refractivity contribution in [1.29, 1.82) is 0 Å². The fourth-order valence-electron chi connectivity index (χ4n) is 3.48. The molecule has 1 aromatic heterocycles. The van der Waals surface area contributed by atoms with Gasteiger partial charge < -0.3 is 0 Å². The molecule has 0 unspecified atom stereocenters. The molecule has 1 aliphatic rings. The van der Waals surface area contributed by atoms with Crippen LogP contribution in [0.3, 0.4) is 0 Å². The first kappa shape index (κ1) is 17.6. The monoisotopic (exact) mass is 339 g/mol. The largest absolute Gasteiger partial charge is 0.255 e. The third kappa shape index (κ3) is 4.66. The van der Waals surface area contributed by atoms with Crippen molar-refractivity contribution in [3.05, 3.63) is 53.7 Å². The first-order valence-electron chi connectivity index (χ1n) is 9.08. The number of benzene rings is 1. The van der Waals surface area contributed by atoms with Crippen LogP contribution in [0, 0.1) is 35.3 Å². The maximum absolute atomic E-state index is 13.3. The molecule has 0 N–H and O–H groups in total. The minimum absolute atomic E-state index is 0.485. The van der Waals surface area contributed by atoms with Gasteiger partial charge in [0.25, 0.3) is 0 Å². The van der Waals surface area contributed by atoms with E-state index in [9.17, 15) is 8.78 Å². The van der Waals surface area contributed by atoms with Gasteiger partial charge in [-0.2, -0.15) is 0 Å². The summed E-state index contributed by atoms with van der Waals surface area (Å²) >= 11 is 0. The number of rotatable bonds is 3. The molecule has 3 heteroatoms. The third-order valence-electron chi connectivity index (χ3n) is 4.94. The van der Waals surface area contributed by atoms with Gasteiger partial charge in [-0.05, 0) is 61.9 Å². The van der Waals surface area contributed by atoms with Gasteiger partial charge in [-0.15, -0.1) is 0 Å². The SMILES string of the molecule is CCCC1CCC(C#Cc2ccc(-c3ccc(F)c(F)c3)nc2)CC1. The molecule has 0 bridgehead atoms. The maximum atomic E-state index is 13.3. The molecule has 1 aromatic carbocycles. The summed E-state index contributed by atoms with van der Waals surface area (Å²) in [7, 11) is 0. The highest BCUT2D eigenvalue weighted by Crippen LogP contribution is 2.31. The smallest absolute Gasteiger partial charge is 0.159 e. The van der Waals surface area contributed by atoms with E-state index in [1.54, 1.807) is 12.3 Å². The van der Waals surface area contributed by atoms with Crippen LogP contribution in [0.4, 0.5) is 8.78 Å². The van der Waals surface area contributed by atoms with Crippen LogP contribution in [0.1, 0.15) is 51.0 Å². The minimum Gasteiger partial charge on any atom is -0.255 e. The van der Waals surface area contributed by atoms with Crippen molar-refractivity contribution in [1.82, 2.24) is 4.98 Å². The van der Waals surface area contributed by atoms with E-state index in [1.165, 1.54) is 44.6 Å². The predicted molar refractivity (Wildman–Crippen MR) is 96.8 cm³/mol. The van der Waals surface area contributed by atoms with Crippen molar-refractivity contribution in [2.24, 2.45) is 11.8 Å². The van der Waals surface area contributed by atoms with E-state index in [-0.39, 0.29) is 0 Å². The molecule has 25 heavy (non-hydrogen) atoms. The molecule has 0 atom stereocenters. The number of hydrogen-bond donors (Lipinski definition) is 0. The zero-order valence-electron chi connectivity index (χ0n) is 14.6. The van der Waals surface area contributed by atoms with Crippen LogP contribution < -0.4 is 0 Å². The third-order valence-corrected chi connectivity index (χ3v) is 4.94. The summed E-state index contributed by atoms with van der Waals surface area (Å²) < 4.78 is 26.3. The summed E-state index contributed by atoms with van der Waals surface area (Å²) in [5, 5.41) is 0. The second-order valence-corrected chi connectivity index (χ2v) is 6.84. The molecule has 0 aliphatic heterocycles. The number of halogens is 2. The fourth-order valence-corrected chi connectivity index (χ4v) is 3.48. The van der Waals surface area contributed by atoms with Crippen molar-refractivity contribution in [3.8, 4) is 23.1 Å². The summed E-state index contributed by atoms with van der Waals surface area (Å²) in [4.78, 5) is 4.33. The van der Waals surface area contributed by atoms with Crippen LogP contribution >= 0.6 is 0 Å². The lowest BCUT2D eigenvalue weighted by atomic mass is 9.80. The number of hydrogen-bond acceptors (Lipinski definition) is 1. The van der Waals surface area contributed by atoms with Gasteiger partial charge in [0.2, 0.25) is 0 Å². The second-order valence-electron chi connectivity index (χ2n) is 6.84. The average Bonchev–Trinajstić information content (AvgIpc) is 2.64. The number of pyridine rings is 1. The molecule has 1 saturated carbocycles. The van der Waals surface area contributed by atoms with Crippen molar-refractivity contribution in [2.45, 2.75) is 45.4 Å². The molecule has 1 heterocycles. The highest BCUT2D eigenvalue weighted by Gasteiger charge is 2.18. The topological polar surface area (TPSA) is 12.9 Å². The maximum Gasteiger partial charge on any atom is 0.159 e. The van der Waals surface area contributed by atoms with Gasteiger partial charge in [0.1, 0.15) is 0 Å². The minimum atomic E-state index is -0.859. The van der Waals surface area contributed by atoms with Gasteiger partial charge in [0.15, 0.2) is 11.6 Å². The highest BCUT2D eigenvalue weighted by molar-refractivity contribution is 5.59. The quantitative estimate of drug-likeness (QED) is 0.626. The number of nitrogens with zero attached hydrogens (tertiary/aromatic N) is 1. The Bertz CT molecular complexity index is 763. The Kier molecular flexibility index (Phi) is 5.81. The lowest BCUT2D eigenvalue weighted by Crippen LogP contribution is -2.13. The predicted octanol–water partition coefficient (Wildman–Crippen LogP) is 5.98. The van der Waals surface area contributed by atoms with Gasteiger partial charge in [-0.1, -0.05) is 31.6 Å². The Labute approximate surface area is 148 Å². The molecule has 130 valence electrons. The molecule has 0 spiro atoms. The van der Waals surface area contributed by atoms with Crippen molar-refractivity contribution in [3.63, 3.8) is 0 Å². The van der Waals surface area contributed by atoms with E-state index in [2.05, 4.69) is 23.7 Å². The Morgan fingerprint density at radius 1 is 1.04 bits per heavy atom. The first-order valence-corrected chi connectivity index (χ1v) is 9.08. The molecule has 1 nitrogen and oxygen atoms in total. The average molecular weight is 339 g/mol. The van der Waals surface area contributed by atoms with E-state index in [0.717, 1.165) is 23.6 Å². The summed E-state index contributed by atoms with van der Waals surface area (Å²) in [6.45, 7) is 2.25. The molecule has 0 amide bonds. The van der Waals surface area contributed by atoms with Gasteiger partial charge >= 0.3 is 0 Å². The van der Waals surface area contributed by atoms with E-state index in [4.69, 9.17) is 0 Å². The zero-order valence-corrected chi connectivity index (χ0v) is 14.6. The molecular weight excluding hydrogens is 316 g/mol. The molecule has 2 aromatic rings. The van der Waals surface area contributed by atoms with Crippen LogP contribution in [-0.2, 0) is 0 Å². The summed E-state index contributed by atoms with van der Waals surface area (Å²) in [6, 6.07) is 7.50. The van der Waals surface area contributed by atoms with Crippen LogP contribution in [-0.4, -0.2) is 4.98 Å². The molecule has 0 saturated heterocycles. The van der Waals surface area contributed by atoms with Gasteiger partial charge in [0, 0.05) is 23.2 Å². The van der Waals surface area contributed by atoms with Crippen molar-refractivity contribution >= 4 is 0 Å². The molecule has 3 rings (SSSR count). The molecule has 1 aliphatic carbocycles. The molecule has 0 radical (unpaired) electrons. The highest BCUT2D eigenvalue weighted by atomic mass is 19.2. The Hall–Kier alpha value is -2.21. The van der Waals surface area contributed by atoms with Crippen LogP contribution in [0.25, 0.3) is 11.3 Å².